The summed E-state index contributed by atoms with van der Waals surface area (Å²) in [6, 6.07) is 9.97. The van der Waals surface area contributed by atoms with Crippen LogP contribution in [0.3, 0.4) is 0 Å². The second kappa shape index (κ2) is 7.12. The molecule has 26 heavy (non-hydrogen) atoms. The quantitative estimate of drug-likeness (QED) is 0.739. The van der Waals surface area contributed by atoms with E-state index in [0.717, 1.165) is 12.1 Å². The maximum absolute atomic E-state index is 12.9. The molecule has 2 amide bonds. The maximum Gasteiger partial charge on any atom is 0.261 e. The fraction of sp³-hybridized carbons (Fsp3) is 0.176. The van der Waals surface area contributed by atoms with E-state index in [1.54, 1.807) is 0 Å². The van der Waals surface area contributed by atoms with Crippen LogP contribution in [0.25, 0.3) is 0 Å². The predicted octanol–water partition coefficient (Wildman–Crippen LogP) is 1.84. The lowest BCUT2D eigenvalue weighted by molar-refractivity contribution is -0.122. The molecule has 3 rings (SSSR count). The van der Waals surface area contributed by atoms with Crippen molar-refractivity contribution in [3.05, 3.63) is 54.3 Å². The summed E-state index contributed by atoms with van der Waals surface area (Å²) in [5.41, 5.74) is 0.766. The number of rotatable bonds is 5. The molecule has 136 valence electrons. The lowest BCUT2D eigenvalue weighted by atomic mass is 10.2. The molecule has 9 heteroatoms. The zero-order chi connectivity index (χ0) is 18.7. The van der Waals surface area contributed by atoms with Crippen molar-refractivity contribution in [3.63, 3.8) is 0 Å². The number of sulfonamides is 1. The Bertz CT molecular complexity index is 927. The van der Waals surface area contributed by atoms with Crippen molar-refractivity contribution in [3.8, 4) is 0 Å². The molecule has 2 aromatic carbocycles. The third-order valence-electron chi connectivity index (χ3n) is 3.84. The van der Waals surface area contributed by atoms with E-state index in [1.165, 1.54) is 36.4 Å². The Kier molecular flexibility index (Phi) is 4.90. The highest BCUT2D eigenvalue weighted by molar-refractivity contribution is 7.92. The van der Waals surface area contributed by atoms with Crippen molar-refractivity contribution in [1.82, 2.24) is 5.32 Å². The molecule has 0 unspecified atom stereocenters. The SMILES string of the molecule is O=C1CC[C@@H](C(=O)Nc2ccc(NS(=O)(=O)c3ccc(F)cc3)cc2)N1. The van der Waals surface area contributed by atoms with E-state index in [9.17, 15) is 22.4 Å². The van der Waals surface area contributed by atoms with E-state index in [2.05, 4.69) is 15.4 Å². The second-order valence-corrected chi connectivity index (χ2v) is 7.47. The number of benzene rings is 2. The van der Waals surface area contributed by atoms with Gasteiger partial charge < -0.3 is 10.6 Å². The molecule has 3 N–H and O–H groups in total. The van der Waals surface area contributed by atoms with Gasteiger partial charge >= 0.3 is 0 Å². The zero-order valence-corrected chi connectivity index (χ0v) is 14.3. The minimum atomic E-state index is -3.84. The molecule has 1 atom stereocenters. The largest absolute Gasteiger partial charge is 0.344 e. The molecular weight excluding hydrogens is 361 g/mol. The first kappa shape index (κ1) is 17.9. The van der Waals surface area contributed by atoms with E-state index in [0.29, 0.717) is 24.2 Å². The van der Waals surface area contributed by atoms with E-state index in [1.807, 2.05) is 0 Å². The molecule has 0 radical (unpaired) electrons. The first-order valence-electron chi connectivity index (χ1n) is 7.82. The van der Waals surface area contributed by atoms with Crippen LogP contribution >= 0.6 is 0 Å². The Morgan fingerprint density at radius 2 is 1.65 bits per heavy atom. The molecule has 2 aromatic rings. The zero-order valence-electron chi connectivity index (χ0n) is 13.5. The van der Waals surface area contributed by atoms with Crippen molar-refractivity contribution in [1.29, 1.82) is 0 Å². The van der Waals surface area contributed by atoms with Gasteiger partial charge in [0.25, 0.3) is 10.0 Å². The standard InChI is InChI=1S/C17H16FN3O4S/c18-11-1-7-14(8-2-11)26(24,25)21-13-5-3-12(4-6-13)19-17(23)15-9-10-16(22)20-15/h1-8,15,21H,9-10H2,(H,19,23)(H,20,22)/t15-/m0/s1. The molecule has 0 aromatic heterocycles. The summed E-state index contributed by atoms with van der Waals surface area (Å²) in [5.74, 6) is -1.01. The average molecular weight is 377 g/mol. The number of carbonyl (C=O) groups excluding carboxylic acids is 2. The molecule has 1 aliphatic heterocycles. The van der Waals surface area contributed by atoms with Gasteiger partial charge in [-0.3, -0.25) is 14.3 Å². The summed E-state index contributed by atoms with van der Waals surface area (Å²) < 4.78 is 39.8. The molecule has 0 bridgehead atoms. The van der Waals surface area contributed by atoms with Crippen molar-refractivity contribution >= 4 is 33.2 Å². The van der Waals surface area contributed by atoms with Crippen LogP contribution in [0, 0.1) is 5.82 Å². The molecule has 1 saturated heterocycles. The number of amides is 2. The fourth-order valence-electron chi connectivity index (χ4n) is 2.49. The highest BCUT2D eigenvalue weighted by atomic mass is 32.2. The van der Waals surface area contributed by atoms with Gasteiger partial charge in [0.1, 0.15) is 11.9 Å². The van der Waals surface area contributed by atoms with Crippen LogP contribution in [0.4, 0.5) is 15.8 Å². The number of hydrogen-bond acceptors (Lipinski definition) is 4. The molecule has 1 aliphatic rings. The van der Waals surface area contributed by atoms with Crippen LogP contribution in [0.5, 0.6) is 0 Å². The third kappa shape index (κ3) is 4.17. The minimum absolute atomic E-state index is 0.0618. The Morgan fingerprint density at radius 1 is 1.04 bits per heavy atom. The number of hydrogen-bond donors (Lipinski definition) is 3. The molecule has 1 fully saturated rings. The van der Waals surface area contributed by atoms with Gasteiger partial charge in [-0.2, -0.15) is 0 Å². The maximum atomic E-state index is 12.9. The number of carbonyl (C=O) groups is 2. The van der Waals surface area contributed by atoms with Gasteiger partial charge in [-0.25, -0.2) is 12.8 Å². The van der Waals surface area contributed by atoms with E-state index >= 15 is 0 Å². The van der Waals surface area contributed by atoms with Crippen LogP contribution in [-0.2, 0) is 19.6 Å². The topological polar surface area (TPSA) is 104 Å². The van der Waals surface area contributed by atoms with Crippen LogP contribution in [0.2, 0.25) is 0 Å². The van der Waals surface area contributed by atoms with E-state index < -0.39 is 21.9 Å². The molecule has 0 aliphatic carbocycles. The van der Waals surface area contributed by atoms with Gasteiger partial charge in [-0.15, -0.1) is 0 Å². The summed E-state index contributed by atoms with van der Waals surface area (Å²) in [7, 11) is -3.84. The van der Waals surface area contributed by atoms with Gasteiger partial charge in [0, 0.05) is 17.8 Å². The van der Waals surface area contributed by atoms with Gasteiger partial charge in [0.15, 0.2) is 0 Å². The predicted molar refractivity (Wildman–Crippen MR) is 93.4 cm³/mol. The van der Waals surface area contributed by atoms with E-state index in [4.69, 9.17) is 0 Å². The summed E-state index contributed by atoms with van der Waals surface area (Å²) in [5, 5.41) is 5.23. The number of nitrogens with one attached hydrogen (secondary N) is 3. The summed E-state index contributed by atoms with van der Waals surface area (Å²) in [6.45, 7) is 0. The summed E-state index contributed by atoms with van der Waals surface area (Å²) in [6.07, 6.45) is 0.766. The van der Waals surface area contributed by atoms with Crippen LogP contribution in [0.1, 0.15) is 12.8 Å². The van der Waals surface area contributed by atoms with Crippen LogP contribution < -0.4 is 15.4 Å². The summed E-state index contributed by atoms with van der Waals surface area (Å²) >= 11 is 0. The first-order chi connectivity index (χ1) is 12.3. The van der Waals surface area contributed by atoms with Crippen molar-refractivity contribution in [2.45, 2.75) is 23.8 Å². The highest BCUT2D eigenvalue weighted by Crippen LogP contribution is 2.19. The first-order valence-corrected chi connectivity index (χ1v) is 9.30. The number of halogens is 1. The Balaban J connectivity index is 1.65. The Morgan fingerprint density at radius 3 is 2.23 bits per heavy atom. The van der Waals surface area contributed by atoms with E-state index in [-0.39, 0.29) is 16.7 Å². The normalized spacial score (nSPS) is 16.8. The van der Waals surface area contributed by atoms with Gasteiger partial charge in [-0.05, 0) is 55.0 Å². The third-order valence-corrected chi connectivity index (χ3v) is 5.24. The molecule has 0 spiro atoms. The lowest BCUT2D eigenvalue weighted by Gasteiger charge is -2.12. The van der Waals surface area contributed by atoms with Gasteiger partial charge in [0.2, 0.25) is 11.8 Å². The second-order valence-electron chi connectivity index (χ2n) is 5.78. The monoisotopic (exact) mass is 377 g/mol. The Labute approximate surface area is 149 Å². The molecule has 0 saturated carbocycles. The van der Waals surface area contributed by atoms with Crippen molar-refractivity contribution in [2.75, 3.05) is 10.0 Å². The van der Waals surface area contributed by atoms with Gasteiger partial charge in [0.05, 0.1) is 4.90 Å². The van der Waals surface area contributed by atoms with Gasteiger partial charge in [-0.1, -0.05) is 0 Å². The smallest absolute Gasteiger partial charge is 0.261 e. The van der Waals surface area contributed by atoms with Crippen molar-refractivity contribution < 1.29 is 22.4 Å². The van der Waals surface area contributed by atoms with Crippen LogP contribution in [0.15, 0.2) is 53.4 Å². The lowest BCUT2D eigenvalue weighted by Crippen LogP contribution is -2.37. The van der Waals surface area contributed by atoms with Crippen LogP contribution in [-0.4, -0.2) is 26.3 Å². The number of anilines is 2. The molecule has 1 heterocycles. The molecular formula is C17H16FN3O4S. The van der Waals surface area contributed by atoms with Crippen molar-refractivity contribution in [2.24, 2.45) is 0 Å². The summed E-state index contributed by atoms with van der Waals surface area (Å²) in [4.78, 5) is 23.1. The fourth-order valence-corrected chi connectivity index (χ4v) is 3.55. The minimum Gasteiger partial charge on any atom is -0.344 e. The average Bonchev–Trinajstić information content (AvgIpc) is 3.03. The Hall–Kier alpha value is -2.94. The highest BCUT2D eigenvalue weighted by Gasteiger charge is 2.27. The molecule has 7 nitrogen and oxygen atoms in total.